The van der Waals surface area contributed by atoms with Crippen LogP contribution in [0.4, 0.5) is 0 Å². The van der Waals surface area contributed by atoms with Crippen LogP contribution in [0.15, 0.2) is 49.1 Å². The number of nitrogens with zero attached hydrogens (tertiary/aromatic N) is 4. The molecule has 4 N–H and O–H groups in total. The number of nitrogens with one attached hydrogen (secondary N) is 4. The predicted molar refractivity (Wildman–Crippen MR) is 78.6 cm³/mol. The monoisotopic (exact) mass is 476 g/mol. The van der Waals surface area contributed by atoms with Crippen LogP contribution in [0, 0.1) is 0 Å². The average Bonchev–Trinajstić information content (AvgIpc) is 3.32. The zero-order valence-corrected chi connectivity index (χ0v) is 14.8. The van der Waals surface area contributed by atoms with Crippen LogP contribution in [0.1, 0.15) is 0 Å². The summed E-state index contributed by atoms with van der Waals surface area (Å²) in [7, 11) is 0. The molecular weight excluding hydrogens is 463 g/mol. The molecule has 0 spiro atoms. The third-order valence-corrected chi connectivity index (χ3v) is 19.8. The van der Waals surface area contributed by atoms with Crippen molar-refractivity contribution in [3.8, 4) is 0 Å². The quantitative estimate of drug-likeness (QED) is 0.255. The van der Waals surface area contributed by atoms with Crippen LogP contribution in [-0.4, -0.2) is 62.0 Å². The summed E-state index contributed by atoms with van der Waals surface area (Å²) in [6.45, 7) is 0. The minimum absolute atomic E-state index is 0.994. The molecule has 4 rings (SSSR count). The molecule has 0 atom stereocenters. The van der Waals surface area contributed by atoms with E-state index in [0.29, 0.717) is 0 Å². The van der Waals surface area contributed by atoms with E-state index in [9.17, 15) is 0 Å². The Kier molecular flexibility index (Phi) is 2.94. The van der Waals surface area contributed by atoms with Gasteiger partial charge in [0.25, 0.3) is 0 Å². The fraction of sp³-hybridized carbons (Fsp3) is 0. The number of rotatable bonds is 4. The van der Waals surface area contributed by atoms with Gasteiger partial charge in [-0.2, -0.15) is 0 Å². The van der Waals surface area contributed by atoms with E-state index in [0.717, 1.165) is 13.0 Å². The summed E-state index contributed by atoms with van der Waals surface area (Å²) in [4.78, 5) is 0. The molecule has 104 valence electrons. The Balaban J connectivity index is 2.10. The van der Waals surface area contributed by atoms with Crippen molar-refractivity contribution < 1.29 is 0 Å². The summed E-state index contributed by atoms with van der Waals surface area (Å²) in [5.74, 6) is 0. The molecule has 21 heavy (non-hydrogen) atoms. The van der Waals surface area contributed by atoms with Gasteiger partial charge in [-0.15, -0.1) is 0 Å². The van der Waals surface area contributed by atoms with Gasteiger partial charge >= 0.3 is 124 Å². The van der Waals surface area contributed by atoms with Crippen LogP contribution in [0.25, 0.3) is 0 Å². The van der Waals surface area contributed by atoms with E-state index in [2.05, 4.69) is 40.8 Å². The number of hydrogen-bond acceptors (Lipinski definition) is 4. The molecule has 0 fully saturated rings. The summed E-state index contributed by atoms with van der Waals surface area (Å²) in [6, 6.07) is 8.00. The SMILES string of the molecule is c1c[c]([Pb]([c]2cc[nH]n2)([c]2cc[nH]n2)[c]2cc[nH]n2)n[nH]1. The zero-order chi connectivity index (χ0) is 14.1. The Labute approximate surface area is 124 Å². The fourth-order valence-electron chi connectivity index (χ4n) is 2.66. The molecule has 4 heterocycles. The Morgan fingerprint density at radius 1 is 0.524 bits per heavy atom. The summed E-state index contributed by atoms with van der Waals surface area (Å²) < 4.78 is 3.98. The second-order valence-corrected chi connectivity index (χ2v) is 18.4. The van der Waals surface area contributed by atoms with Gasteiger partial charge in [-0.3, -0.25) is 0 Å². The van der Waals surface area contributed by atoms with Crippen LogP contribution < -0.4 is 13.0 Å². The second kappa shape index (κ2) is 4.95. The maximum absolute atomic E-state index is 4.47. The molecule has 0 aliphatic heterocycles. The van der Waals surface area contributed by atoms with Crippen molar-refractivity contribution in [2.75, 3.05) is 0 Å². The number of aromatic nitrogens is 8. The first-order valence-electron chi connectivity index (χ1n) is 6.43. The molecular formula is C12H12N8Pb. The Hall–Kier alpha value is -2.24. The Morgan fingerprint density at radius 2 is 0.810 bits per heavy atom. The molecule has 0 amide bonds. The van der Waals surface area contributed by atoms with Gasteiger partial charge in [-0.1, -0.05) is 0 Å². The van der Waals surface area contributed by atoms with E-state index in [1.54, 1.807) is 0 Å². The fourth-order valence-corrected chi connectivity index (χ4v) is 17.6. The normalized spacial score (nSPS) is 11.8. The molecule has 8 nitrogen and oxygen atoms in total. The van der Waals surface area contributed by atoms with Crippen LogP contribution in [0.2, 0.25) is 0 Å². The molecule has 4 aromatic heterocycles. The van der Waals surface area contributed by atoms with Gasteiger partial charge in [0.1, 0.15) is 0 Å². The molecule has 0 aliphatic rings. The predicted octanol–water partition coefficient (Wildman–Crippen LogP) is -2.04. The van der Waals surface area contributed by atoms with Gasteiger partial charge in [-0.05, 0) is 0 Å². The number of aromatic amines is 4. The number of hydrogen-bond donors (Lipinski definition) is 4. The first kappa shape index (κ1) is 12.5. The van der Waals surface area contributed by atoms with Gasteiger partial charge in [0.05, 0.1) is 0 Å². The van der Waals surface area contributed by atoms with E-state index in [1.807, 2.05) is 49.1 Å². The van der Waals surface area contributed by atoms with Crippen molar-refractivity contribution in [3.63, 3.8) is 0 Å². The van der Waals surface area contributed by atoms with Gasteiger partial charge in [-0.25, -0.2) is 0 Å². The van der Waals surface area contributed by atoms with Gasteiger partial charge < -0.3 is 0 Å². The van der Waals surface area contributed by atoms with Gasteiger partial charge in [0, 0.05) is 0 Å². The van der Waals surface area contributed by atoms with Crippen molar-refractivity contribution in [3.05, 3.63) is 49.1 Å². The standard InChI is InChI=1S/4C3H3N2.Pb/c4*1-2-4-5-3-1;/h4*1-2H,(H,4,5);. The molecule has 0 aliphatic carbocycles. The van der Waals surface area contributed by atoms with E-state index in [1.165, 1.54) is 0 Å². The molecule has 4 aromatic rings. The van der Waals surface area contributed by atoms with Crippen molar-refractivity contribution >= 4 is 34.2 Å². The van der Waals surface area contributed by atoms with Crippen molar-refractivity contribution in [1.29, 1.82) is 0 Å². The number of H-pyrrole nitrogens is 4. The zero-order valence-electron chi connectivity index (χ0n) is 10.9. The molecule has 9 heteroatoms. The molecule has 0 aromatic carbocycles. The topological polar surface area (TPSA) is 115 Å². The summed E-state index contributed by atoms with van der Waals surface area (Å²) in [6.07, 6.45) is 7.32. The summed E-state index contributed by atoms with van der Waals surface area (Å²) in [5.41, 5.74) is 0. The molecule has 0 bridgehead atoms. The third kappa shape index (κ3) is 1.78. The first-order chi connectivity index (χ1) is 10.4. The van der Waals surface area contributed by atoms with E-state index in [4.69, 9.17) is 0 Å². The van der Waals surface area contributed by atoms with Crippen LogP contribution >= 0.6 is 0 Å². The second-order valence-electron chi connectivity index (χ2n) is 4.59. The first-order valence-corrected chi connectivity index (χ1v) is 14.2. The summed E-state index contributed by atoms with van der Waals surface area (Å²) in [5, 5.41) is 29.5. The average molecular weight is 475 g/mol. The van der Waals surface area contributed by atoms with Crippen LogP contribution in [0.5, 0.6) is 0 Å². The molecule has 0 radical (unpaired) electrons. The van der Waals surface area contributed by atoms with Gasteiger partial charge in [0.15, 0.2) is 0 Å². The Morgan fingerprint density at radius 3 is 1.00 bits per heavy atom. The van der Waals surface area contributed by atoms with E-state index < -0.39 is 21.2 Å². The van der Waals surface area contributed by atoms with Crippen molar-refractivity contribution in [1.82, 2.24) is 40.8 Å². The maximum atomic E-state index is 4.47. The Bertz CT molecular complexity index is 643. The molecule has 0 saturated heterocycles. The van der Waals surface area contributed by atoms with E-state index >= 15 is 0 Å². The van der Waals surface area contributed by atoms with Crippen LogP contribution in [-0.2, 0) is 0 Å². The minimum atomic E-state index is -3.79. The van der Waals surface area contributed by atoms with Crippen molar-refractivity contribution in [2.45, 2.75) is 0 Å². The van der Waals surface area contributed by atoms with Gasteiger partial charge in [0.2, 0.25) is 0 Å². The molecule has 0 unspecified atom stereocenters. The molecule has 0 saturated carbocycles. The van der Waals surface area contributed by atoms with Crippen molar-refractivity contribution in [2.24, 2.45) is 0 Å². The van der Waals surface area contributed by atoms with E-state index in [-0.39, 0.29) is 0 Å². The van der Waals surface area contributed by atoms with Crippen LogP contribution in [0.3, 0.4) is 0 Å². The third-order valence-electron chi connectivity index (χ3n) is 3.54. The summed E-state index contributed by atoms with van der Waals surface area (Å²) >= 11 is -3.79.